The number of cyclic esters (lactones) is 2. The van der Waals surface area contributed by atoms with Crippen LogP contribution in [-0.4, -0.2) is 30.2 Å². The zero-order chi connectivity index (χ0) is 28.6. The predicted octanol–water partition coefficient (Wildman–Crippen LogP) is 8.94. The van der Waals surface area contributed by atoms with Gasteiger partial charge in [0.05, 0.1) is 0 Å². The molecule has 0 aromatic rings. The molecule has 0 aromatic heterocycles. The first kappa shape index (κ1) is 35.4. The summed E-state index contributed by atoms with van der Waals surface area (Å²) < 4.78 is 10.9. The summed E-state index contributed by atoms with van der Waals surface area (Å²) in [6.45, 7) is 6.71. The third kappa shape index (κ3) is 19.2. The van der Waals surface area contributed by atoms with Gasteiger partial charge < -0.3 is 14.8 Å². The molecule has 39 heavy (non-hydrogen) atoms. The molecule has 0 radical (unpaired) electrons. The van der Waals surface area contributed by atoms with E-state index >= 15 is 0 Å². The Morgan fingerprint density at radius 2 is 1.28 bits per heavy atom. The SMILES string of the molecule is CCCCCCCCCCCCCCCC(=O)N[C@H]1CCC(=O)OC(CCCCC(CCC)CCC)OC1=O. The third-order valence-corrected chi connectivity index (χ3v) is 7.97. The zero-order valence-corrected chi connectivity index (χ0v) is 25.7. The number of nitrogens with one attached hydrogen (secondary N) is 1. The minimum atomic E-state index is -0.846. The number of ether oxygens (including phenoxy) is 2. The highest BCUT2D eigenvalue weighted by atomic mass is 16.7. The first-order valence-corrected chi connectivity index (χ1v) is 16.7. The van der Waals surface area contributed by atoms with Crippen molar-refractivity contribution in [1.29, 1.82) is 0 Å². The van der Waals surface area contributed by atoms with E-state index in [-0.39, 0.29) is 24.7 Å². The normalized spacial score (nSPS) is 17.9. The summed E-state index contributed by atoms with van der Waals surface area (Å²) >= 11 is 0. The quantitative estimate of drug-likeness (QED) is 0.0956. The fraction of sp³-hybridized carbons (Fsp3) is 0.909. The topological polar surface area (TPSA) is 81.7 Å². The number of esters is 2. The number of amides is 1. The lowest BCUT2D eigenvalue weighted by Crippen LogP contribution is -2.45. The van der Waals surface area contributed by atoms with Crippen LogP contribution < -0.4 is 5.32 Å². The average Bonchev–Trinajstić information content (AvgIpc) is 2.91. The fourth-order valence-corrected chi connectivity index (χ4v) is 5.63. The van der Waals surface area contributed by atoms with Gasteiger partial charge >= 0.3 is 11.9 Å². The lowest BCUT2D eigenvalue weighted by Gasteiger charge is -2.25. The number of hydrogen-bond donors (Lipinski definition) is 1. The molecular weight excluding hydrogens is 490 g/mol. The second-order valence-electron chi connectivity index (χ2n) is 11.7. The van der Waals surface area contributed by atoms with E-state index in [9.17, 15) is 14.4 Å². The van der Waals surface area contributed by atoms with E-state index in [1.807, 2.05) is 0 Å². The highest BCUT2D eigenvalue weighted by molar-refractivity contribution is 5.85. The minimum absolute atomic E-state index is 0.115. The molecule has 0 aromatic carbocycles. The van der Waals surface area contributed by atoms with Crippen LogP contribution in [0.3, 0.4) is 0 Å². The summed E-state index contributed by atoms with van der Waals surface area (Å²) in [6, 6.07) is -0.770. The molecule has 1 N–H and O–H groups in total. The van der Waals surface area contributed by atoms with Crippen molar-refractivity contribution in [2.45, 2.75) is 187 Å². The van der Waals surface area contributed by atoms with Gasteiger partial charge in [-0.05, 0) is 25.2 Å². The molecule has 0 saturated carbocycles. The van der Waals surface area contributed by atoms with Crippen molar-refractivity contribution >= 4 is 17.8 Å². The molecule has 1 unspecified atom stereocenters. The summed E-state index contributed by atoms with van der Waals surface area (Å²) in [4.78, 5) is 37.3. The molecule has 0 aliphatic carbocycles. The molecule has 228 valence electrons. The van der Waals surface area contributed by atoms with E-state index in [1.54, 1.807) is 0 Å². The lowest BCUT2D eigenvalue weighted by molar-refractivity contribution is -0.195. The molecule has 6 heteroatoms. The Bertz CT molecular complexity index is 632. The van der Waals surface area contributed by atoms with Crippen LogP contribution in [0.15, 0.2) is 0 Å². The predicted molar refractivity (Wildman–Crippen MR) is 159 cm³/mol. The molecule has 6 nitrogen and oxygen atoms in total. The Labute approximate surface area is 240 Å². The van der Waals surface area contributed by atoms with Crippen molar-refractivity contribution in [2.75, 3.05) is 0 Å². The van der Waals surface area contributed by atoms with Gasteiger partial charge in [0, 0.05) is 19.3 Å². The second-order valence-corrected chi connectivity index (χ2v) is 11.7. The maximum atomic E-state index is 12.7. The van der Waals surface area contributed by atoms with E-state index in [4.69, 9.17) is 9.47 Å². The number of hydrogen-bond acceptors (Lipinski definition) is 5. The van der Waals surface area contributed by atoms with Gasteiger partial charge in [-0.25, -0.2) is 4.79 Å². The Balaban J connectivity index is 2.20. The molecule has 0 bridgehead atoms. The van der Waals surface area contributed by atoms with Crippen LogP contribution in [0.25, 0.3) is 0 Å². The fourth-order valence-electron chi connectivity index (χ4n) is 5.63. The van der Waals surface area contributed by atoms with Gasteiger partial charge in [0.15, 0.2) is 0 Å². The summed E-state index contributed by atoms with van der Waals surface area (Å²) in [7, 11) is 0. The molecule has 1 aliphatic rings. The molecular formula is C33H61NO5. The van der Waals surface area contributed by atoms with Gasteiger partial charge in [-0.2, -0.15) is 0 Å². The maximum Gasteiger partial charge on any atom is 0.331 e. The van der Waals surface area contributed by atoms with Gasteiger partial charge in [0.2, 0.25) is 12.2 Å². The molecule has 1 amide bonds. The highest BCUT2D eigenvalue weighted by Gasteiger charge is 2.30. The Morgan fingerprint density at radius 1 is 0.718 bits per heavy atom. The largest absolute Gasteiger partial charge is 0.425 e. The van der Waals surface area contributed by atoms with E-state index in [2.05, 4.69) is 26.1 Å². The standard InChI is InChI=1S/C33H61NO5/c1-4-7-8-9-10-11-12-13-14-15-16-17-18-24-30(35)34-29-26-27-31(36)38-32(39-33(29)37)25-20-19-23-28(21-5-2)22-6-3/h28-29,32H,4-27H2,1-3H3,(H,34,35)/t29-,32?/m0/s1. The van der Waals surface area contributed by atoms with Crippen molar-refractivity contribution in [3.05, 3.63) is 0 Å². The van der Waals surface area contributed by atoms with E-state index < -0.39 is 18.3 Å². The smallest absolute Gasteiger partial charge is 0.331 e. The van der Waals surface area contributed by atoms with Crippen LogP contribution >= 0.6 is 0 Å². The summed E-state index contributed by atoms with van der Waals surface area (Å²) in [5.41, 5.74) is 0. The number of unbranched alkanes of at least 4 members (excludes halogenated alkanes) is 13. The first-order chi connectivity index (χ1) is 19.0. The molecule has 1 saturated heterocycles. The van der Waals surface area contributed by atoms with Gasteiger partial charge in [-0.15, -0.1) is 0 Å². The van der Waals surface area contributed by atoms with Crippen LogP contribution in [0.1, 0.15) is 175 Å². The molecule has 1 heterocycles. The van der Waals surface area contributed by atoms with Crippen molar-refractivity contribution in [1.82, 2.24) is 5.32 Å². The Kier molecular flexibility index (Phi) is 22.0. The van der Waals surface area contributed by atoms with Crippen LogP contribution in [0.4, 0.5) is 0 Å². The van der Waals surface area contributed by atoms with Crippen LogP contribution in [0.2, 0.25) is 0 Å². The van der Waals surface area contributed by atoms with Crippen LogP contribution in [0, 0.1) is 5.92 Å². The van der Waals surface area contributed by atoms with Crippen molar-refractivity contribution < 1.29 is 23.9 Å². The minimum Gasteiger partial charge on any atom is -0.425 e. The van der Waals surface area contributed by atoms with Crippen molar-refractivity contribution in [3.8, 4) is 0 Å². The third-order valence-electron chi connectivity index (χ3n) is 7.97. The van der Waals surface area contributed by atoms with Crippen LogP contribution in [-0.2, 0) is 23.9 Å². The van der Waals surface area contributed by atoms with Gasteiger partial charge in [-0.3, -0.25) is 9.59 Å². The van der Waals surface area contributed by atoms with E-state index in [1.165, 1.54) is 89.9 Å². The molecule has 1 aliphatic heterocycles. The first-order valence-electron chi connectivity index (χ1n) is 16.7. The number of carbonyl (C=O) groups is 3. The summed E-state index contributed by atoms with van der Waals surface area (Å²) in [5, 5.41) is 2.81. The molecule has 1 rings (SSSR count). The Hall–Kier alpha value is -1.59. The summed E-state index contributed by atoms with van der Waals surface area (Å²) in [6.07, 6.45) is 24.8. The molecule has 2 atom stereocenters. The van der Waals surface area contributed by atoms with Gasteiger partial charge in [-0.1, -0.05) is 136 Å². The van der Waals surface area contributed by atoms with Gasteiger partial charge in [0.25, 0.3) is 0 Å². The second kappa shape index (κ2) is 24.2. The highest BCUT2D eigenvalue weighted by Crippen LogP contribution is 2.22. The molecule has 0 spiro atoms. The monoisotopic (exact) mass is 551 g/mol. The molecule has 1 fully saturated rings. The Morgan fingerprint density at radius 3 is 1.85 bits per heavy atom. The number of carbonyl (C=O) groups excluding carboxylic acids is 3. The van der Waals surface area contributed by atoms with Crippen molar-refractivity contribution in [2.24, 2.45) is 5.92 Å². The zero-order valence-electron chi connectivity index (χ0n) is 25.7. The summed E-state index contributed by atoms with van der Waals surface area (Å²) in [5.74, 6) is -0.237. The van der Waals surface area contributed by atoms with E-state index in [0.29, 0.717) is 12.8 Å². The number of rotatable bonds is 24. The average molecular weight is 552 g/mol. The lowest BCUT2D eigenvalue weighted by atomic mass is 9.92. The van der Waals surface area contributed by atoms with E-state index in [0.717, 1.165) is 44.4 Å². The van der Waals surface area contributed by atoms with Crippen LogP contribution in [0.5, 0.6) is 0 Å². The van der Waals surface area contributed by atoms with Gasteiger partial charge in [0.1, 0.15) is 6.04 Å². The maximum absolute atomic E-state index is 12.7. The van der Waals surface area contributed by atoms with Crippen molar-refractivity contribution in [3.63, 3.8) is 0 Å².